The van der Waals surface area contributed by atoms with Crippen LogP contribution in [0.1, 0.15) is 30.5 Å². The van der Waals surface area contributed by atoms with Gasteiger partial charge in [0, 0.05) is 31.5 Å². The summed E-state index contributed by atoms with van der Waals surface area (Å²) in [5.41, 5.74) is 2.55. The van der Waals surface area contributed by atoms with Crippen molar-refractivity contribution in [2.24, 2.45) is 5.92 Å². The molecule has 2 heteroatoms. The Morgan fingerprint density at radius 1 is 1.00 bits per heavy atom. The van der Waals surface area contributed by atoms with Gasteiger partial charge < -0.3 is 0 Å². The van der Waals surface area contributed by atoms with Gasteiger partial charge in [-0.3, -0.25) is 9.69 Å². The number of ketones is 1. The molecule has 21 heavy (non-hydrogen) atoms. The number of piperidine rings is 1. The van der Waals surface area contributed by atoms with Crippen molar-refractivity contribution < 1.29 is 4.79 Å². The molecular weight excluding hydrogens is 258 g/mol. The van der Waals surface area contributed by atoms with E-state index in [1.54, 1.807) is 0 Å². The maximum absolute atomic E-state index is 12.1. The van der Waals surface area contributed by atoms with Gasteiger partial charge in [-0.25, -0.2) is 0 Å². The molecule has 0 bridgehead atoms. The zero-order valence-electron chi connectivity index (χ0n) is 12.4. The third kappa shape index (κ3) is 3.22. The zero-order chi connectivity index (χ0) is 14.7. The standard InChI is InChI=1S/C19H21NO/c1-15-13-20(14-16-8-4-2-5-9-16)18(12-19(15)21)17-10-6-3-7-11-17/h2-11,15,18H,12-14H2,1H3. The van der Waals surface area contributed by atoms with Gasteiger partial charge in [-0.1, -0.05) is 67.6 Å². The highest BCUT2D eigenvalue weighted by Gasteiger charge is 2.32. The molecule has 0 spiro atoms. The van der Waals surface area contributed by atoms with Crippen molar-refractivity contribution in [1.29, 1.82) is 0 Å². The van der Waals surface area contributed by atoms with Crippen LogP contribution in [0, 0.1) is 5.92 Å². The number of rotatable bonds is 3. The number of hydrogen-bond acceptors (Lipinski definition) is 2. The average Bonchev–Trinajstić information content (AvgIpc) is 2.52. The van der Waals surface area contributed by atoms with Gasteiger partial charge in [0.15, 0.2) is 0 Å². The molecule has 0 amide bonds. The number of carbonyl (C=O) groups is 1. The van der Waals surface area contributed by atoms with Gasteiger partial charge in [0.1, 0.15) is 5.78 Å². The van der Waals surface area contributed by atoms with Crippen molar-refractivity contribution in [3.05, 3.63) is 71.8 Å². The van der Waals surface area contributed by atoms with Crippen molar-refractivity contribution in [1.82, 2.24) is 4.90 Å². The van der Waals surface area contributed by atoms with Crippen molar-refractivity contribution in [2.45, 2.75) is 25.9 Å². The summed E-state index contributed by atoms with van der Waals surface area (Å²) in [5, 5.41) is 0. The van der Waals surface area contributed by atoms with Crippen LogP contribution >= 0.6 is 0 Å². The van der Waals surface area contributed by atoms with E-state index in [2.05, 4.69) is 53.4 Å². The van der Waals surface area contributed by atoms with Crippen LogP contribution in [-0.2, 0) is 11.3 Å². The van der Waals surface area contributed by atoms with Crippen LogP contribution in [0.25, 0.3) is 0 Å². The van der Waals surface area contributed by atoms with Gasteiger partial charge in [0.25, 0.3) is 0 Å². The van der Waals surface area contributed by atoms with Gasteiger partial charge >= 0.3 is 0 Å². The molecule has 3 rings (SSSR count). The Labute approximate surface area is 126 Å². The van der Waals surface area contributed by atoms with Crippen LogP contribution in [0.4, 0.5) is 0 Å². The van der Waals surface area contributed by atoms with E-state index in [-0.39, 0.29) is 12.0 Å². The van der Waals surface area contributed by atoms with E-state index in [1.165, 1.54) is 11.1 Å². The molecule has 2 nitrogen and oxygen atoms in total. The van der Waals surface area contributed by atoms with E-state index in [0.717, 1.165) is 13.1 Å². The molecule has 1 saturated heterocycles. The highest BCUT2D eigenvalue weighted by atomic mass is 16.1. The van der Waals surface area contributed by atoms with E-state index >= 15 is 0 Å². The second-order valence-corrected chi connectivity index (χ2v) is 5.91. The highest BCUT2D eigenvalue weighted by Crippen LogP contribution is 2.32. The fraction of sp³-hybridized carbons (Fsp3) is 0.316. The average molecular weight is 279 g/mol. The van der Waals surface area contributed by atoms with Crippen molar-refractivity contribution >= 4 is 5.78 Å². The molecule has 108 valence electrons. The molecule has 2 aromatic rings. The molecule has 0 aliphatic carbocycles. The Kier molecular flexibility index (Phi) is 4.16. The minimum Gasteiger partial charge on any atom is -0.299 e. The van der Waals surface area contributed by atoms with E-state index in [1.807, 2.05) is 19.1 Å². The predicted octanol–water partition coefficient (Wildman–Crippen LogP) is 3.84. The first-order chi connectivity index (χ1) is 10.2. The minimum atomic E-state index is 0.133. The van der Waals surface area contributed by atoms with Crippen LogP contribution in [0.15, 0.2) is 60.7 Å². The first kappa shape index (κ1) is 14.0. The van der Waals surface area contributed by atoms with Gasteiger partial charge in [-0.15, -0.1) is 0 Å². The molecule has 0 radical (unpaired) electrons. The number of likely N-dealkylation sites (tertiary alicyclic amines) is 1. The quantitative estimate of drug-likeness (QED) is 0.851. The molecule has 1 fully saturated rings. The first-order valence-electron chi connectivity index (χ1n) is 7.59. The zero-order valence-corrected chi connectivity index (χ0v) is 12.4. The topological polar surface area (TPSA) is 20.3 Å². The van der Waals surface area contributed by atoms with Crippen molar-refractivity contribution in [2.75, 3.05) is 6.54 Å². The van der Waals surface area contributed by atoms with Crippen molar-refractivity contribution in [3.63, 3.8) is 0 Å². The summed E-state index contributed by atoms with van der Waals surface area (Å²) >= 11 is 0. The molecule has 2 atom stereocenters. The van der Waals surface area contributed by atoms with Crippen LogP contribution < -0.4 is 0 Å². The number of benzene rings is 2. The lowest BCUT2D eigenvalue weighted by Gasteiger charge is -2.38. The van der Waals surface area contributed by atoms with Crippen molar-refractivity contribution in [3.8, 4) is 0 Å². The molecule has 0 aromatic heterocycles. The maximum Gasteiger partial charge on any atom is 0.138 e. The summed E-state index contributed by atoms with van der Waals surface area (Å²) in [6.07, 6.45) is 0.623. The van der Waals surface area contributed by atoms with E-state index in [0.29, 0.717) is 12.2 Å². The van der Waals surface area contributed by atoms with Gasteiger partial charge in [0.05, 0.1) is 0 Å². The SMILES string of the molecule is CC1CN(Cc2ccccc2)C(c2ccccc2)CC1=O. The Morgan fingerprint density at radius 3 is 2.29 bits per heavy atom. The van der Waals surface area contributed by atoms with Crippen LogP contribution in [-0.4, -0.2) is 17.2 Å². The number of carbonyl (C=O) groups excluding carboxylic acids is 1. The summed E-state index contributed by atoms with van der Waals surface area (Å²) in [5.74, 6) is 0.516. The fourth-order valence-corrected chi connectivity index (χ4v) is 3.10. The number of nitrogens with zero attached hydrogens (tertiary/aromatic N) is 1. The van der Waals surface area contributed by atoms with Crippen LogP contribution in [0.2, 0.25) is 0 Å². The summed E-state index contributed by atoms with van der Waals surface area (Å²) in [7, 11) is 0. The van der Waals surface area contributed by atoms with Crippen LogP contribution in [0.3, 0.4) is 0 Å². The maximum atomic E-state index is 12.1. The molecule has 1 heterocycles. The summed E-state index contributed by atoms with van der Waals surface area (Å²) in [6.45, 7) is 3.78. The van der Waals surface area contributed by atoms with Gasteiger partial charge in [0.2, 0.25) is 0 Å². The molecule has 1 aliphatic heterocycles. The monoisotopic (exact) mass is 279 g/mol. The third-order valence-electron chi connectivity index (χ3n) is 4.31. The lowest BCUT2D eigenvalue weighted by molar-refractivity contribution is -0.128. The Hall–Kier alpha value is -1.93. The second-order valence-electron chi connectivity index (χ2n) is 5.91. The molecule has 2 aromatic carbocycles. The largest absolute Gasteiger partial charge is 0.299 e. The number of Topliss-reactive ketones (excluding diaryl/α,β-unsaturated/α-hetero) is 1. The van der Waals surface area contributed by atoms with Gasteiger partial charge in [-0.2, -0.15) is 0 Å². The van der Waals surface area contributed by atoms with E-state index < -0.39 is 0 Å². The number of hydrogen-bond donors (Lipinski definition) is 0. The molecule has 1 aliphatic rings. The van der Waals surface area contributed by atoms with E-state index in [4.69, 9.17) is 0 Å². The Morgan fingerprint density at radius 2 is 1.62 bits per heavy atom. The molecular formula is C19H21NO. The minimum absolute atomic E-state index is 0.133. The second kappa shape index (κ2) is 6.23. The van der Waals surface area contributed by atoms with E-state index in [9.17, 15) is 4.79 Å². The predicted molar refractivity (Wildman–Crippen MR) is 84.8 cm³/mol. The molecule has 0 N–H and O–H groups in total. The Bertz CT molecular complexity index is 593. The van der Waals surface area contributed by atoms with Crippen LogP contribution in [0.5, 0.6) is 0 Å². The third-order valence-corrected chi connectivity index (χ3v) is 4.31. The normalized spacial score (nSPS) is 23.2. The summed E-state index contributed by atoms with van der Waals surface area (Å²) in [6, 6.07) is 21.1. The Balaban J connectivity index is 1.85. The first-order valence-corrected chi connectivity index (χ1v) is 7.59. The van der Waals surface area contributed by atoms with Gasteiger partial charge in [-0.05, 0) is 11.1 Å². The lowest BCUT2D eigenvalue weighted by atomic mass is 9.88. The summed E-state index contributed by atoms with van der Waals surface area (Å²) in [4.78, 5) is 14.6. The highest BCUT2D eigenvalue weighted by molar-refractivity contribution is 5.82. The molecule has 0 saturated carbocycles. The molecule has 2 unspecified atom stereocenters. The summed E-state index contributed by atoms with van der Waals surface area (Å²) < 4.78 is 0. The fourth-order valence-electron chi connectivity index (χ4n) is 3.10. The smallest absolute Gasteiger partial charge is 0.138 e. The lowest BCUT2D eigenvalue weighted by Crippen LogP contribution is -2.41.